The van der Waals surface area contributed by atoms with Gasteiger partial charge in [-0.2, -0.15) is 0 Å². The van der Waals surface area contributed by atoms with Gasteiger partial charge in [0.05, 0.1) is 6.54 Å². The molecule has 0 spiro atoms. The van der Waals surface area contributed by atoms with E-state index in [-0.39, 0.29) is 11.7 Å². The lowest BCUT2D eigenvalue weighted by atomic mass is 9.96. The van der Waals surface area contributed by atoms with Crippen molar-refractivity contribution in [1.82, 2.24) is 15.1 Å². The van der Waals surface area contributed by atoms with E-state index < -0.39 is 0 Å². The van der Waals surface area contributed by atoms with Gasteiger partial charge in [0, 0.05) is 30.7 Å². The molecule has 0 saturated carbocycles. The number of carbonyl (C=O) groups is 1. The summed E-state index contributed by atoms with van der Waals surface area (Å²) < 4.78 is 13.8. The molecule has 1 heterocycles. The number of halogens is 2. The fraction of sp³-hybridized carbons (Fsp3) is 0.588. The van der Waals surface area contributed by atoms with Gasteiger partial charge in [0.1, 0.15) is 5.82 Å². The Morgan fingerprint density at radius 1 is 1.43 bits per heavy atom. The summed E-state index contributed by atoms with van der Waals surface area (Å²) in [6, 6.07) is 4.81. The molecule has 0 radical (unpaired) electrons. The maximum Gasteiger partial charge on any atom is 0.233 e. The first-order chi connectivity index (χ1) is 11.0. The van der Waals surface area contributed by atoms with Crippen LogP contribution in [0.25, 0.3) is 0 Å². The monoisotopic (exact) mass is 341 g/mol. The SMILES string of the molecule is CNC(=O)CN1CCC(CN(C)Cc2c(F)cccc2Cl)CC1. The van der Waals surface area contributed by atoms with Gasteiger partial charge in [-0.15, -0.1) is 0 Å². The molecule has 1 fully saturated rings. The van der Waals surface area contributed by atoms with E-state index >= 15 is 0 Å². The quantitative estimate of drug-likeness (QED) is 0.863. The number of benzene rings is 1. The number of nitrogens with zero attached hydrogens (tertiary/aromatic N) is 2. The van der Waals surface area contributed by atoms with Crippen molar-refractivity contribution < 1.29 is 9.18 Å². The Labute approximate surface area is 142 Å². The number of nitrogens with one attached hydrogen (secondary N) is 1. The Morgan fingerprint density at radius 2 is 2.13 bits per heavy atom. The summed E-state index contributed by atoms with van der Waals surface area (Å²) >= 11 is 6.09. The first kappa shape index (κ1) is 18.2. The van der Waals surface area contributed by atoms with Crippen molar-refractivity contribution in [1.29, 1.82) is 0 Å². The molecule has 0 aromatic heterocycles. The molecule has 1 amide bonds. The molecule has 1 aliphatic rings. The van der Waals surface area contributed by atoms with E-state index in [0.717, 1.165) is 32.5 Å². The molecular weight excluding hydrogens is 317 g/mol. The fourth-order valence-electron chi connectivity index (χ4n) is 3.07. The Bertz CT molecular complexity index is 512. The summed E-state index contributed by atoms with van der Waals surface area (Å²) in [5.74, 6) is 0.394. The van der Waals surface area contributed by atoms with Crippen molar-refractivity contribution in [2.75, 3.05) is 40.3 Å². The zero-order valence-corrected chi connectivity index (χ0v) is 14.6. The highest BCUT2D eigenvalue weighted by Gasteiger charge is 2.22. The molecule has 1 saturated heterocycles. The van der Waals surface area contributed by atoms with Gasteiger partial charge in [-0.3, -0.25) is 9.69 Å². The van der Waals surface area contributed by atoms with Gasteiger partial charge in [0.2, 0.25) is 5.91 Å². The highest BCUT2D eigenvalue weighted by atomic mass is 35.5. The largest absolute Gasteiger partial charge is 0.358 e. The van der Waals surface area contributed by atoms with Crippen LogP contribution in [0.5, 0.6) is 0 Å². The molecule has 1 aliphatic heterocycles. The standard InChI is InChI=1S/C17H25ClFN3O/c1-20-17(23)12-22-8-6-13(7-9-22)10-21(2)11-14-15(18)4-3-5-16(14)19/h3-5,13H,6-12H2,1-2H3,(H,20,23). The molecule has 128 valence electrons. The predicted octanol–water partition coefficient (Wildman–Crippen LogP) is 2.37. The highest BCUT2D eigenvalue weighted by Crippen LogP contribution is 2.22. The third-order valence-corrected chi connectivity index (χ3v) is 4.77. The zero-order chi connectivity index (χ0) is 16.8. The Kier molecular flexibility index (Phi) is 6.81. The van der Waals surface area contributed by atoms with Gasteiger partial charge in [0.25, 0.3) is 0 Å². The van der Waals surface area contributed by atoms with Crippen molar-refractivity contribution in [3.63, 3.8) is 0 Å². The Hall–Kier alpha value is -1.17. The number of likely N-dealkylation sites (N-methyl/N-ethyl adjacent to an activating group) is 1. The van der Waals surface area contributed by atoms with Crippen molar-refractivity contribution in [3.8, 4) is 0 Å². The van der Waals surface area contributed by atoms with Crippen LogP contribution in [0.2, 0.25) is 5.02 Å². The Morgan fingerprint density at radius 3 is 2.74 bits per heavy atom. The average molecular weight is 342 g/mol. The summed E-state index contributed by atoms with van der Waals surface area (Å²) in [6.07, 6.45) is 2.12. The second-order valence-corrected chi connectivity index (χ2v) is 6.70. The third-order valence-electron chi connectivity index (χ3n) is 4.41. The van der Waals surface area contributed by atoms with Crippen molar-refractivity contribution >= 4 is 17.5 Å². The van der Waals surface area contributed by atoms with E-state index in [9.17, 15) is 9.18 Å². The molecule has 2 rings (SSSR count). The minimum Gasteiger partial charge on any atom is -0.358 e. The third kappa shape index (κ3) is 5.44. The van der Waals surface area contributed by atoms with E-state index in [2.05, 4.69) is 15.1 Å². The van der Waals surface area contributed by atoms with Gasteiger partial charge in [0.15, 0.2) is 0 Å². The van der Waals surface area contributed by atoms with Crippen LogP contribution in [0.3, 0.4) is 0 Å². The fourth-order valence-corrected chi connectivity index (χ4v) is 3.29. The summed E-state index contributed by atoms with van der Waals surface area (Å²) in [4.78, 5) is 15.7. The summed E-state index contributed by atoms with van der Waals surface area (Å²) in [5.41, 5.74) is 0.564. The molecule has 23 heavy (non-hydrogen) atoms. The first-order valence-electron chi connectivity index (χ1n) is 8.04. The summed E-state index contributed by atoms with van der Waals surface area (Å²) in [7, 11) is 3.66. The molecule has 1 N–H and O–H groups in total. The molecule has 1 aromatic rings. The van der Waals surface area contributed by atoms with Crippen LogP contribution in [0.4, 0.5) is 4.39 Å². The lowest BCUT2D eigenvalue weighted by molar-refractivity contribution is -0.122. The van der Waals surface area contributed by atoms with E-state index in [1.807, 2.05) is 7.05 Å². The molecule has 6 heteroatoms. The summed E-state index contributed by atoms with van der Waals surface area (Å²) in [6.45, 7) is 3.78. The topological polar surface area (TPSA) is 35.6 Å². The van der Waals surface area contributed by atoms with Crippen LogP contribution >= 0.6 is 11.6 Å². The van der Waals surface area contributed by atoms with E-state index in [1.54, 1.807) is 19.2 Å². The number of hydrogen-bond donors (Lipinski definition) is 1. The maximum absolute atomic E-state index is 13.8. The number of rotatable bonds is 6. The van der Waals surface area contributed by atoms with E-state index in [1.165, 1.54) is 6.07 Å². The average Bonchev–Trinajstić information content (AvgIpc) is 2.53. The van der Waals surface area contributed by atoms with Gasteiger partial charge in [-0.05, 0) is 51.0 Å². The van der Waals surface area contributed by atoms with E-state index in [0.29, 0.717) is 29.6 Å². The van der Waals surface area contributed by atoms with Gasteiger partial charge < -0.3 is 10.2 Å². The molecule has 0 aliphatic carbocycles. The van der Waals surface area contributed by atoms with Crippen molar-refractivity contribution in [3.05, 3.63) is 34.6 Å². The van der Waals surface area contributed by atoms with Gasteiger partial charge >= 0.3 is 0 Å². The van der Waals surface area contributed by atoms with Crippen LogP contribution in [0.1, 0.15) is 18.4 Å². The lowest BCUT2D eigenvalue weighted by Crippen LogP contribution is -2.42. The minimum atomic E-state index is -0.246. The smallest absolute Gasteiger partial charge is 0.233 e. The number of amides is 1. The maximum atomic E-state index is 13.8. The highest BCUT2D eigenvalue weighted by molar-refractivity contribution is 6.31. The molecular formula is C17H25ClFN3O. The first-order valence-corrected chi connectivity index (χ1v) is 8.41. The molecule has 4 nitrogen and oxygen atoms in total. The van der Waals surface area contributed by atoms with Crippen LogP contribution in [-0.4, -0.2) is 56.0 Å². The normalized spacial score (nSPS) is 16.7. The second kappa shape index (κ2) is 8.62. The van der Waals surface area contributed by atoms with Gasteiger partial charge in [-0.25, -0.2) is 4.39 Å². The van der Waals surface area contributed by atoms with Crippen LogP contribution in [0.15, 0.2) is 18.2 Å². The Balaban J connectivity index is 1.79. The van der Waals surface area contributed by atoms with Crippen LogP contribution in [-0.2, 0) is 11.3 Å². The zero-order valence-electron chi connectivity index (χ0n) is 13.8. The number of likely N-dealkylation sites (tertiary alicyclic amines) is 1. The number of piperidine rings is 1. The van der Waals surface area contributed by atoms with Gasteiger partial charge in [-0.1, -0.05) is 17.7 Å². The molecule has 0 atom stereocenters. The van der Waals surface area contributed by atoms with Crippen molar-refractivity contribution in [2.24, 2.45) is 5.92 Å². The molecule has 1 aromatic carbocycles. The van der Waals surface area contributed by atoms with Crippen LogP contribution in [0, 0.1) is 11.7 Å². The van der Waals surface area contributed by atoms with Crippen molar-refractivity contribution in [2.45, 2.75) is 19.4 Å². The molecule has 0 unspecified atom stereocenters. The van der Waals surface area contributed by atoms with E-state index in [4.69, 9.17) is 11.6 Å². The summed E-state index contributed by atoms with van der Waals surface area (Å²) in [5, 5.41) is 3.14. The predicted molar refractivity (Wildman–Crippen MR) is 91.0 cm³/mol. The second-order valence-electron chi connectivity index (χ2n) is 6.29. The van der Waals surface area contributed by atoms with Crippen LogP contribution < -0.4 is 5.32 Å². The minimum absolute atomic E-state index is 0.0646. The molecule has 0 bridgehead atoms. The number of carbonyl (C=O) groups excluding carboxylic acids is 1. The lowest BCUT2D eigenvalue weighted by Gasteiger charge is -2.33. The number of hydrogen-bond acceptors (Lipinski definition) is 3.